The molecule has 6 heteroatoms. The van der Waals surface area contributed by atoms with Crippen LogP contribution in [0.1, 0.15) is 27.7 Å². The highest BCUT2D eigenvalue weighted by Gasteiger charge is 2.07. The van der Waals surface area contributed by atoms with Crippen molar-refractivity contribution in [1.29, 1.82) is 0 Å². The first-order chi connectivity index (χ1) is 9.52. The second-order valence-electron chi connectivity index (χ2n) is 4.88. The normalized spacial score (nSPS) is 12.6. The monoisotopic (exact) mass is 469 g/mol. The maximum Gasteiger partial charge on any atom is 0.191 e. The highest BCUT2D eigenvalue weighted by atomic mass is 127. The van der Waals surface area contributed by atoms with Crippen LogP contribution in [0.25, 0.3) is 0 Å². The SMILES string of the molecule is CCNC(=NCC(C)Oc1ccccc1Br)NC(C)C.I. The summed E-state index contributed by atoms with van der Waals surface area (Å²) in [6, 6.07) is 8.19. The fraction of sp³-hybridized carbons (Fsp3) is 0.533. The molecule has 1 unspecified atom stereocenters. The molecule has 0 saturated carbocycles. The molecule has 1 aromatic rings. The molecule has 0 radical (unpaired) electrons. The zero-order valence-electron chi connectivity index (χ0n) is 13.0. The minimum atomic E-state index is 0. The lowest BCUT2D eigenvalue weighted by Gasteiger charge is -2.17. The Hall–Kier alpha value is -0.500. The van der Waals surface area contributed by atoms with Crippen LogP contribution in [0.2, 0.25) is 0 Å². The van der Waals surface area contributed by atoms with Gasteiger partial charge in [0.1, 0.15) is 11.9 Å². The summed E-state index contributed by atoms with van der Waals surface area (Å²) in [5, 5.41) is 6.50. The molecule has 1 aromatic carbocycles. The molecule has 0 heterocycles. The van der Waals surface area contributed by atoms with E-state index in [0.717, 1.165) is 22.7 Å². The number of benzene rings is 1. The summed E-state index contributed by atoms with van der Waals surface area (Å²) in [7, 11) is 0. The molecular formula is C15H25BrIN3O. The Balaban J connectivity index is 0.00000400. The number of ether oxygens (including phenoxy) is 1. The summed E-state index contributed by atoms with van der Waals surface area (Å²) in [5.74, 6) is 1.67. The van der Waals surface area contributed by atoms with Crippen LogP contribution in [0.15, 0.2) is 33.7 Å². The third-order valence-corrected chi connectivity index (χ3v) is 3.10. The average molecular weight is 470 g/mol. The topological polar surface area (TPSA) is 45.7 Å². The van der Waals surface area contributed by atoms with Crippen molar-refractivity contribution < 1.29 is 4.74 Å². The highest BCUT2D eigenvalue weighted by molar-refractivity contribution is 14.0. The third-order valence-electron chi connectivity index (χ3n) is 2.44. The molecule has 0 saturated heterocycles. The molecule has 1 atom stereocenters. The van der Waals surface area contributed by atoms with Gasteiger partial charge in [0.05, 0.1) is 11.0 Å². The van der Waals surface area contributed by atoms with Gasteiger partial charge in [0, 0.05) is 12.6 Å². The van der Waals surface area contributed by atoms with Crippen molar-refractivity contribution in [3.8, 4) is 5.75 Å². The van der Waals surface area contributed by atoms with Crippen LogP contribution in [0.4, 0.5) is 0 Å². The van der Waals surface area contributed by atoms with Gasteiger partial charge in [0.25, 0.3) is 0 Å². The minimum Gasteiger partial charge on any atom is -0.488 e. The first-order valence-corrected chi connectivity index (χ1v) is 7.78. The van der Waals surface area contributed by atoms with Crippen LogP contribution >= 0.6 is 39.9 Å². The molecule has 0 aliphatic heterocycles. The molecular weight excluding hydrogens is 445 g/mol. The number of guanidine groups is 1. The van der Waals surface area contributed by atoms with Crippen LogP contribution in [0, 0.1) is 0 Å². The van der Waals surface area contributed by atoms with Crippen LogP contribution < -0.4 is 15.4 Å². The van der Waals surface area contributed by atoms with E-state index >= 15 is 0 Å². The van der Waals surface area contributed by atoms with Crippen LogP contribution in [-0.4, -0.2) is 31.2 Å². The first kappa shape index (κ1) is 20.5. The summed E-state index contributed by atoms with van der Waals surface area (Å²) < 4.78 is 6.83. The van der Waals surface area contributed by atoms with Gasteiger partial charge in [-0.25, -0.2) is 4.99 Å². The van der Waals surface area contributed by atoms with E-state index in [1.54, 1.807) is 0 Å². The smallest absolute Gasteiger partial charge is 0.191 e. The van der Waals surface area contributed by atoms with E-state index in [1.165, 1.54) is 0 Å². The molecule has 120 valence electrons. The van der Waals surface area contributed by atoms with E-state index in [2.05, 4.69) is 52.3 Å². The quantitative estimate of drug-likeness (QED) is 0.378. The molecule has 0 aromatic heterocycles. The zero-order chi connectivity index (χ0) is 15.0. The number of hydrogen-bond donors (Lipinski definition) is 2. The zero-order valence-corrected chi connectivity index (χ0v) is 16.9. The number of para-hydroxylation sites is 1. The largest absolute Gasteiger partial charge is 0.488 e. The Morgan fingerprint density at radius 1 is 1.29 bits per heavy atom. The molecule has 0 fully saturated rings. The summed E-state index contributed by atoms with van der Waals surface area (Å²) in [6.07, 6.45) is 0.0105. The second kappa shape index (κ2) is 11.1. The van der Waals surface area contributed by atoms with E-state index in [1.807, 2.05) is 31.2 Å². The number of nitrogens with zero attached hydrogens (tertiary/aromatic N) is 1. The fourth-order valence-corrected chi connectivity index (χ4v) is 1.99. The number of nitrogens with one attached hydrogen (secondary N) is 2. The van der Waals surface area contributed by atoms with E-state index in [9.17, 15) is 0 Å². The molecule has 21 heavy (non-hydrogen) atoms. The Morgan fingerprint density at radius 2 is 1.95 bits per heavy atom. The highest BCUT2D eigenvalue weighted by Crippen LogP contribution is 2.24. The second-order valence-corrected chi connectivity index (χ2v) is 5.73. The van der Waals surface area contributed by atoms with Gasteiger partial charge in [-0.3, -0.25) is 0 Å². The van der Waals surface area contributed by atoms with Gasteiger partial charge in [-0.1, -0.05) is 12.1 Å². The summed E-state index contributed by atoms with van der Waals surface area (Å²) >= 11 is 3.48. The van der Waals surface area contributed by atoms with Crippen molar-refractivity contribution in [2.75, 3.05) is 13.1 Å². The van der Waals surface area contributed by atoms with Crippen LogP contribution in [0.5, 0.6) is 5.75 Å². The van der Waals surface area contributed by atoms with E-state index in [4.69, 9.17) is 4.74 Å². The molecule has 1 rings (SSSR count). The maximum atomic E-state index is 5.87. The van der Waals surface area contributed by atoms with Gasteiger partial charge in [0.15, 0.2) is 5.96 Å². The van der Waals surface area contributed by atoms with E-state index in [0.29, 0.717) is 12.6 Å². The predicted octanol–water partition coefficient (Wildman–Crippen LogP) is 3.80. The summed E-state index contributed by atoms with van der Waals surface area (Å²) in [6.45, 7) is 9.70. The van der Waals surface area contributed by atoms with Gasteiger partial charge >= 0.3 is 0 Å². The van der Waals surface area contributed by atoms with Crippen LogP contribution in [-0.2, 0) is 0 Å². The van der Waals surface area contributed by atoms with Crippen molar-refractivity contribution in [3.05, 3.63) is 28.7 Å². The Labute approximate surface area is 153 Å². The molecule has 0 amide bonds. The van der Waals surface area contributed by atoms with Crippen molar-refractivity contribution in [3.63, 3.8) is 0 Å². The molecule has 0 aliphatic rings. The first-order valence-electron chi connectivity index (χ1n) is 6.99. The Kier molecular flexibility index (Phi) is 10.9. The lowest BCUT2D eigenvalue weighted by Crippen LogP contribution is -2.41. The van der Waals surface area contributed by atoms with Gasteiger partial charge in [0.2, 0.25) is 0 Å². The maximum absolute atomic E-state index is 5.87. The molecule has 2 N–H and O–H groups in total. The fourth-order valence-electron chi connectivity index (χ4n) is 1.61. The third kappa shape index (κ3) is 8.50. The van der Waals surface area contributed by atoms with Crippen molar-refractivity contribution in [2.45, 2.75) is 39.8 Å². The summed E-state index contributed by atoms with van der Waals surface area (Å²) in [5.41, 5.74) is 0. The van der Waals surface area contributed by atoms with E-state index in [-0.39, 0.29) is 30.1 Å². The lowest BCUT2D eigenvalue weighted by atomic mass is 10.3. The number of halogens is 2. The molecule has 0 aliphatic carbocycles. The van der Waals surface area contributed by atoms with Crippen LogP contribution in [0.3, 0.4) is 0 Å². The predicted molar refractivity (Wildman–Crippen MR) is 104 cm³/mol. The van der Waals surface area contributed by atoms with Gasteiger partial charge in [-0.05, 0) is 55.8 Å². The van der Waals surface area contributed by atoms with Gasteiger partial charge < -0.3 is 15.4 Å². The van der Waals surface area contributed by atoms with Gasteiger partial charge in [-0.2, -0.15) is 0 Å². The number of rotatable bonds is 6. The van der Waals surface area contributed by atoms with Crippen molar-refractivity contribution >= 4 is 45.9 Å². The summed E-state index contributed by atoms with van der Waals surface area (Å²) in [4.78, 5) is 4.53. The molecule has 0 bridgehead atoms. The molecule has 0 spiro atoms. The van der Waals surface area contributed by atoms with Crippen molar-refractivity contribution in [1.82, 2.24) is 10.6 Å². The average Bonchev–Trinajstić information content (AvgIpc) is 2.38. The van der Waals surface area contributed by atoms with E-state index < -0.39 is 0 Å². The van der Waals surface area contributed by atoms with Gasteiger partial charge in [-0.15, -0.1) is 24.0 Å². The number of aliphatic imine (C=N–C) groups is 1. The Bertz CT molecular complexity index is 441. The minimum absolute atomic E-state index is 0. The standard InChI is InChI=1S/C15H24BrN3O.HI/c1-5-17-15(19-11(2)3)18-10-12(4)20-14-9-7-6-8-13(14)16;/h6-9,11-12H,5,10H2,1-4H3,(H2,17,18,19);1H. The molecule has 4 nitrogen and oxygen atoms in total. The lowest BCUT2D eigenvalue weighted by molar-refractivity contribution is 0.228. The number of hydrogen-bond acceptors (Lipinski definition) is 2. The van der Waals surface area contributed by atoms with Crippen molar-refractivity contribution in [2.24, 2.45) is 4.99 Å². The Morgan fingerprint density at radius 3 is 2.52 bits per heavy atom.